The van der Waals surface area contributed by atoms with E-state index in [1.54, 1.807) is 0 Å². The second-order valence-corrected chi connectivity index (χ2v) is 5.59. The van der Waals surface area contributed by atoms with E-state index >= 15 is 0 Å². The minimum absolute atomic E-state index is 0.292. The third kappa shape index (κ3) is 6.27. The van der Waals surface area contributed by atoms with Crippen LogP contribution in [0.5, 0.6) is 0 Å². The molecule has 0 bridgehead atoms. The predicted molar refractivity (Wildman–Crippen MR) is 81.4 cm³/mol. The van der Waals surface area contributed by atoms with Crippen LogP contribution in [-0.2, 0) is 4.74 Å². The van der Waals surface area contributed by atoms with Gasteiger partial charge in [0.1, 0.15) is 0 Å². The molecule has 0 aliphatic carbocycles. The van der Waals surface area contributed by atoms with Crippen molar-refractivity contribution in [3.63, 3.8) is 0 Å². The monoisotopic (exact) mass is 264 g/mol. The zero-order chi connectivity index (χ0) is 13.2. The Balaban J connectivity index is 2.36. The Labute approximate surface area is 116 Å². The minimum atomic E-state index is 0.292. The van der Waals surface area contributed by atoms with Gasteiger partial charge in [0.15, 0.2) is 0 Å². The molecular weight excluding hydrogens is 240 g/mol. The molecule has 1 unspecified atom stereocenters. The van der Waals surface area contributed by atoms with Crippen molar-refractivity contribution in [1.29, 1.82) is 0 Å². The second kappa shape index (κ2) is 9.23. The topological polar surface area (TPSA) is 9.23 Å². The van der Waals surface area contributed by atoms with E-state index < -0.39 is 0 Å². The van der Waals surface area contributed by atoms with Crippen molar-refractivity contribution in [2.24, 2.45) is 0 Å². The summed E-state index contributed by atoms with van der Waals surface area (Å²) in [6.45, 7) is 8.97. The average molecular weight is 264 g/mol. The summed E-state index contributed by atoms with van der Waals surface area (Å²) >= 11 is 1.86. The average Bonchev–Trinajstić information content (AvgIpc) is 2.38. The molecule has 1 nitrogen and oxygen atoms in total. The summed E-state index contributed by atoms with van der Waals surface area (Å²) in [5.41, 5.74) is 1.31. The van der Waals surface area contributed by atoms with E-state index in [2.05, 4.69) is 44.7 Å². The van der Waals surface area contributed by atoms with Crippen LogP contribution in [0.3, 0.4) is 0 Å². The van der Waals surface area contributed by atoms with Gasteiger partial charge in [0.2, 0.25) is 0 Å². The molecule has 1 rings (SSSR count). The Hall–Kier alpha value is -0.730. The molecule has 0 fully saturated rings. The molecule has 0 aliphatic rings. The third-order valence-electron chi connectivity index (χ3n) is 2.74. The molecule has 1 atom stereocenters. The quantitative estimate of drug-likeness (QED) is 0.358. The molecule has 1 aromatic carbocycles. The predicted octanol–water partition coefficient (Wildman–Crippen LogP) is 4.85. The summed E-state index contributed by atoms with van der Waals surface area (Å²) in [5, 5.41) is 0. The lowest BCUT2D eigenvalue weighted by molar-refractivity contribution is 0.0693. The van der Waals surface area contributed by atoms with Gasteiger partial charge in [0.05, 0.1) is 6.10 Å². The van der Waals surface area contributed by atoms with Gasteiger partial charge in [0.25, 0.3) is 0 Å². The van der Waals surface area contributed by atoms with E-state index in [9.17, 15) is 0 Å². The molecule has 100 valence electrons. The SMILES string of the molecule is C=CCC(CSc1ccc(C)cc1)OCCCC. The maximum absolute atomic E-state index is 5.88. The number of benzene rings is 1. The van der Waals surface area contributed by atoms with Crippen molar-refractivity contribution in [1.82, 2.24) is 0 Å². The molecule has 0 spiro atoms. The Kier molecular flexibility index (Phi) is 7.86. The second-order valence-electron chi connectivity index (χ2n) is 4.49. The fraction of sp³-hybridized carbons (Fsp3) is 0.500. The first kappa shape index (κ1) is 15.3. The molecule has 0 saturated carbocycles. The van der Waals surface area contributed by atoms with Crippen molar-refractivity contribution in [2.45, 2.75) is 44.1 Å². The lowest BCUT2D eigenvalue weighted by atomic mass is 10.2. The Morgan fingerprint density at radius 3 is 2.67 bits per heavy atom. The number of unbranched alkanes of at least 4 members (excludes halogenated alkanes) is 1. The zero-order valence-electron chi connectivity index (χ0n) is 11.5. The van der Waals surface area contributed by atoms with Crippen molar-refractivity contribution in [3.05, 3.63) is 42.5 Å². The van der Waals surface area contributed by atoms with Gasteiger partial charge >= 0.3 is 0 Å². The molecule has 18 heavy (non-hydrogen) atoms. The molecular formula is C16H24OS. The molecule has 0 aromatic heterocycles. The van der Waals surface area contributed by atoms with Crippen molar-refractivity contribution < 1.29 is 4.74 Å². The highest BCUT2D eigenvalue weighted by Gasteiger charge is 2.07. The number of aryl methyl sites for hydroxylation is 1. The van der Waals surface area contributed by atoms with Gasteiger partial charge in [-0.15, -0.1) is 18.3 Å². The highest BCUT2D eigenvalue weighted by atomic mass is 32.2. The van der Waals surface area contributed by atoms with Crippen LogP contribution in [0.1, 0.15) is 31.7 Å². The number of hydrogen-bond acceptors (Lipinski definition) is 2. The van der Waals surface area contributed by atoms with Crippen molar-refractivity contribution in [2.75, 3.05) is 12.4 Å². The fourth-order valence-corrected chi connectivity index (χ4v) is 2.53. The van der Waals surface area contributed by atoms with Crippen molar-refractivity contribution in [3.8, 4) is 0 Å². The lowest BCUT2D eigenvalue weighted by Gasteiger charge is -2.15. The minimum Gasteiger partial charge on any atom is -0.377 e. The van der Waals surface area contributed by atoms with Gasteiger partial charge in [0, 0.05) is 17.3 Å². The number of rotatable bonds is 9. The number of thioether (sulfide) groups is 1. The fourth-order valence-electron chi connectivity index (χ4n) is 1.59. The van der Waals surface area contributed by atoms with Gasteiger partial charge in [-0.25, -0.2) is 0 Å². The van der Waals surface area contributed by atoms with Crippen LogP contribution in [0.25, 0.3) is 0 Å². The Bertz CT molecular complexity index is 331. The van der Waals surface area contributed by atoms with Gasteiger partial charge in [-0.3, -0.25) is 0 Å². The largest absolute Gasteiger partial charge is 0.377 e. The molecule has 0 amide bonds. The van der Waals surface area contributed by atoms with Crippen molar-refractivity contribution >= 4 is 11.8 Å². The first-order valence-corrected chi connectivity index (χ1v) is 7.66. The van der Waals surface area contributed by atoms with Crippen LogP contribution < -0.4 is 0 Å². The van der Waals surface area contributed by atoms with E-state index in [0.717, 1.165) is 25.2 Å². The van der Waals surface area contributed by atoms with E-state index in [0.29, 0.717) is 6.10 Å². The summed E-state index contributed by atoms with van der Waals surface area (Å²) in [4.78, 5) is 1.31. The maximum Gasteiger partial charge on any atom is 0.0703 e. The normalized spacial score (nSPS) is 12.3. The molecule has 0 radical (unpaired) electrons. The summed E-state index contributed by atoms with van der Waals surface area (Å²) < 4.78 is 5.88. The van der Waals surface area contributed by atoms with E-state index in [1.165, 1.54) is 16.9 Å². The highest BCUT2D eigenvalue weighted by Crippen LogP contribution is 2.21. The van der Waals surface area contributed by atoms with E-state index in [4.69, 9.17) is 4.74 Å². The maximum atomic E-state index is 5.88. The molecule has 0 aliphatic heterocycles. The Morgan fingerprint density at radius 1 is 1.33 bits per heavy atom. The molecule has 0 saturated heterocycles. The van der Waals surface area contributed by atoms with E-state index in [-0.39, 0.29) is 0 Å². The van der Waals surface area contributed by atoms with E-state index in [1.807, 2.05) is 17.8 Å². The molecule has 0 N–H and O–H groups in total. The van der Waals surface area contributed by atoms with Gasteiger partial charge in [-0.2, -0.15) is 0 Å². The van der Waals surface area contributed by atoms with Gasteiger partial charge in [-0.05, 0) is 31.9 Å². The van der Waals surface area contributed by atoms with Crippen LogP contribution in [0.4, 0.5) is 0 Å². The molecule has 0 heterocycles. The van der Waals surface area contributed by atoms with Crippen LogP contribution in [0.2, 0.25) is 0 Å². The number of hydrogen-bond donors (Lipinski definition) is 0. The molecule has 1 aromatic rings. The summed E-state index contributed by atoms with van der Waals surface area (Å²) in [6.07, 6.45) is 5.50. The van der Waals surface area contributed by atoms with Crippen LogP contribution >= 0.6 is 11.8 Å². The third-order valence-corrected chi connectivity index (χ3v) is 3.88. The van der Waals surface area contributed by atoms with Crippen LogP contribution in [-0.4, -0.2) is 18.5 Å². The molecule has 2 heteroatoms. The van der Waals surface area contributed by atoms with Gasteiger partial charge < -0.3 is 4.74 Å². The highest BCUT2D eigenvalue weighted by molar-refractivity contribution is 7.99. The Morgan fingerprint density at radius 2 is 2.06 bits per heavy atom. The summed E-state index contributed by atoms with van der Waals surface area (Å²) in [5.74, 6) is 0.999. The summed E-state index contributed by atoms with van der Waals surface area (Å²) in [7, 11) is 0. The number of ether oxygens (including phenoxy) is 1. The first-order chi connectivity index (χ1) is 8.76. The summed E-state index contributed by atoms with van der Waals surface area (Å²) in [6, 6.07) is 8.67. The standard InChI is InChI=1S/C16H24OS/c1-4-6-12-17-15(7-5-2)13-18-16-10-8-14(3)9-11-16/h5,8-11,15H,2,4,6-7,12-13H2,1,3H3. The lowest BCUT2D eigenvalue weighted by Crippen LogP contribution is -2.15. The first-order valence-electron chi connectivity index (χ1n) is 6.68. The van der Waals surface area contributed by atoms with Crippen LogP contribution in [0, 0.1) is 6.92 Å². The smallest absolute Gasteiger partial charge is 0.0703 e. The van der Waals surface area contributed by atoms with Gasteiger partial charge in [-0.1, -0.05) is 37.1 Å². The zero-order valence-corrected chi connectivity index (χ0v) is 12.3. The van der Waals surface area contributed by atoms with Crippen LogP contribution in [0.15, 0.2) is 41.8 Å².